The molecule has 108 valence electrons. The molecule has 0 aliphatic carbocycles. The summed E-state index contributed by atoms with van der Waals surface area (Å²) in [7, 11) is 0. The first kappa shape index (κ1) is 15.1. The van der Waals surface area contributed by atoms with Gasteiger partial charge in [0.25, 0.3) is 0 Å². The molecular weight excluding hydrogens is 288 g/mol. The molecule has 0 heterocycles. The Kier molecular flexibility index (Phi) is 4.98. The van der Waals surface area contributed by atoms with Gasteiger partial charge in [-0.2, -0.15) is 0 Å². The quantitative estimate of drug-likeness (QED) is 0.300. The normalized spacial score (nSPS) is 11.1. The van der Waals surface area contributed by atoms with Gasteiger partial charge in [0.05, 0.1) is 0 Å². The second-order valence-corrected chi connectivity index (χ2v) is 4.89. The number of carbonyl (C=O) groups excluding carboxylic acids is 1. The molecule has 5 heteroatoms. The lowest BCUT2D eigenvalue weighted by atomic mass is 10.1. The van der Waals surface area contributed by atoms with Crippen LogP contribution in [0.1, 0.15) is 11.1 Å². The van der Waals surface area contributed by atoms with Crippen LogP contribution >= 0.6 is 11.6 Å². The van der Waals surface area contributed by atoms with Crippen molar-refractivity contribution in [1.29, 1.82) is 0 Å². The van der Waals surface area contributed by atoms with Crippen LogP contribution < -0.4 is 16.0 Å². The average molecular weight is 303 g/mol. The van der Waals surface area contributed by atoms with Crippen LogP contribution in [0.3, 0.4) is 0 Å². The molecule has 0 atom stereocenters. The number of amides is 1. The van der Waals surface area contributed by atoms with Gasteiger partial charge in [0, 0.05) is 5.02 Å². The fourth-order valence-electron chi connectivity index (χ4n) is 1.66. The zero-order valence-corrected chi connectivity index (χ0v) is 12.2. The summed E-state index contributed by atoms with van der Waals surface area (Å²) in [6.07, 6.45) is 1.62. The highest BCUT2D eigenvalue weighted by molar-refractivity contribution is 6.30. The Labute approximate surface area is 128 Å². The topological polar surface area (TPSA) is 64.3 Å². The van der Waals surface area contributed by atoms with Gasteiger partial charge in [0.1, 0.15) is 5.75 Å². The average Bonchev–Trinajstić information content (AvgIpc) is 2.50. The number of nitrogens with one attached hydrogen (secondary N) is 1. The van der Waals surface area contributed by atoms with Gasteiger partial charge in [-0.3, -0.25) is 10.2 Å². The number of rotatable bonds is 4. The fourth-order valence-corrected chi connectivity index (χ4v) is 1.78. The summed E-state index contributed by atoms with van der Waals surface area (Å²) in [5.41, 5.74) is 4.05. The van der Waals surface area contributed by atoms with Gasteiger partial charge in [-0.1, -0.05) is 41.4 Å². The highest BCUT2D eigenvalue weighted by Gasteiger charge is 2.11. The first-order valence-corrected chi connectivity index (χ1v) is 6.69. The molecule has 0 saturated carbocycles. The Bertz CT molecular complexity index is 649. The Morgan fingerprint density at radius 2 is 1.76 bits per heavy atom. The summed E-state index contributed by atoms with van der Waals surface area (Å²) >= 11 is 5.81. The monoisotopic (exact) mass is 302 g/mol. The molecule has 0 unspecified atom stereocenters. The highest BCUT2D eigenvalue weighted by Crippen LogP contribution is 2.19. The number of halogens is 1. The summed E-state index contributed by atoms with van der Waals surface area (Å²) in [4.78, 5) is 11.8. The number of carbonyl (C=O) groups is 1. The lowest BCUT2D eigenvalue weighted by molar-refractivity contribution is -0.119. The molecule has 0 aromatic heterocycles. The van der Waals surface area contributed by atoms with E-state index in [-0.39, 0.29) is 5.76 Å². The highest BCUT2D eigenvalue weighted by atomic mass is 35.5. The lowest BCUT2D eigenvalue weighted by Gasteiger charge is -2.09. The zero-order chi connectivity index (χ0) is 15.2. The number of hydrazine groups is 1. The molecule has 0 saturated heterocycles. The number of ether oxygens (including phenoxy) is 1. The fraction of sp³-hybridized carbons (Fsp3) is 0.0625. The first-order chi connectivity index (χ1) is 10.1. The van der Waals surface area contributed by atoms with E-state index in [0.717, 1.165) is 11.1 Å². The molecule has 1 amide bonds. The van der Waals surface area contributed by atoms with Crippen LogP contribution in [-0.4, -0.2) is 5.91 Å². The second-order valence-electron chi connectivity index (χ2n) is 4.45. The molecule has 3 N–H and O–H groups in total. The number of aryl methyl sites for hydroxylation is 1. The summed E-state index contributed by atoms with van der Waals surface area (Å²) in [5.74, 6) is 5.28. The standard InChI is InChI=1S/C16H15ClN2O2/c1-11-2-4-12(5-3-11)10-15(16(20)19-18)21-14-8-6-13(17)7-9-14/h2-10H,18H2,1H3,(H,19,20)/b15-10-. The van der Waals surface area contributed by atoms with E-state index in [4.69, 9.17) is 22.2 Å². The third-order valence-electron chi connectivity index (χ3n) is 2.77. The molecule has 0 radical (unpaired) electrons. The summed E-state index contributed by atoms with van der Waals surface area (Å²) in [6.45, 7) is 1.99. The minimum absolute atomic E-state index is 0.101. The van der Waals surface area contributed by atoms with Gasteiger partial charge in [-0.25, -0.2) is 5.84 Å². The van der Waals surface area contributed by atoms with Crippen molar-refractivity contribution in [3.63, 3.8) is 0 Å². The minimum Gasteiger partial charge on any atom is -0.452 e. The number of hydrogen-bond acceptors (Lipinski definition) is 3. The maximum Gasteiger partial charge on any atom is 0.300 e. The van der Waals surface area contributed by atoms with E-state index >= 15 is 0 Å². The van der Waals surface area contributed by atoms with E-state index in [1.165, 1.54) is 0 Å². The van der Waals surface area contributed by atoms with Crippen molar-refractivity contribution in [3.05, 3.63) is 70.4 Å². The van der Waals surface area contributed by atoms with Crippen molar-refractivity contribution in [2.24, 2.45) is 5.84 Å². The Balaban J connectivity index is 2.27. The van der Waals surface area contributed by atoms with E-state index in [9.17, 15) is 4.79 Å². The predicted molar refractivity (Wildman–Crippen MR) is 83.6 cm³/mol. The van der Waals surface area contributed by atoms with Gasteiger partial charge in [-0.15, -0.1) is 0 Å². The Morgan fingerprint density at radius 1 is 1.14 bits per heavy atom. The maximum atomic E-state index is 11.8. The number of benzene rings is 2. The Morgan fingerprint density at radius 3 is 2.33 bits per heavy atom. The second kappa shape index (κ2) is 6.92. The SMILES string of the molecule is Cc1ccc(/C=C(\Oc2ccc(Cl)cc2)C(=O)NN)cc1. The summed E-state index contributed by atoms with van der Waals surface area (Å²) in [5, 5.41) is 0.592. The summed E-state index contributed by atoms with van der Waals surface area (Å²) < 4.78 is 5.57. The molecule has 0 aliphatic heterocycles. The molecule has 0 fully saturated rings. The van der Waals surface area contributed by atoms with Gasteiger partial charge in [-0.05, 0) is 42.8 Å². The Hall–Kier alpha value is -2.30. The molecule has 0 aliphatic rings. The van der Waals surface area contributed by atoms with E-state index in [2.05, 4.69) is 5.43 Å². The van der Waals surface area contributed by atoms with Crippen LogP contribution in [0.15, 0.2) is 54.3 Å². The van der Waals surface area contributed by atoms with Crippen molar-refractivity contribution < 1.29 is 9.53 Å². The zero-order valence-electron chi connectivity index (χ0n) is 11.5. The molecular formula is C16H15ClN2O2. The molecule has 2 aromatic rings. The summed E-state index contributed by atoms with van der Waals surface area (Å²) in [6, 6.07) is 14.4. The van der Waals surface area contributed by atoms with E-state index in [1.807, 2.05) is 31.2 Å². The maximum absolute atomic E-state index is 11.8. The molecule has 21 heavy (non-hydrogen) atoms. The van der Waals surface area contributed by atoms with Crippen LogP contribution in [0.25, 0.3) is 6.08 Å². The smallest absolute Gasteiger partial charge is 0.300 e. The van der Waals surface area contributed by atoms with Gasteiger partial charge < -0.3 is 4.74 Å². The van der Waals surface area contributed by atoms with Gasteiger partial charge in [0.15, 0.2) is 5.76 Å². The van der Waals surface area contributed by atoms with E-state index in [0.29, 0.717) is 10.8 Å². The largest absolute Gasteiger partial charge is 0.452 e. The van der Waals surface area contributed by atoms with Crippen LogP contribution in [0, 0.1) is 6.92 Å². The molecule has 0 bridgehead atoms. The number of hydrogen-bond donors (Lipinski definition) is 2. The molecule has 2 aromatic carbocycles. The third kappa shape index (κ3) is 4.34. The lowest BCUT2D eigenvalue weighted by Crippen LogP contribution is -2.33. The van der Waals surface area contributed by atoms with Crippen molar-refractivity contribution in [2.75, 3.05) is 0 Å². The van der Waals surface area contributed by atoms with E-state index in [1.54, 1.807) is 30.3 Å². The first-order valence-electron chi connectivity index (χ1n) is 6.31. The van der Waals surface area contributed by atoms with Crippen molar-refractivity contribution in [3.8, 4) is 5.75 Å². The minimum atomic E-state index is -0.509. The van der Waals surface area contributed by atoms with Gasteiger partial charge >= 0.3 is 5.91 Å². The van der Waals surface area contributed by atoms with Crippen LogP contribution in [-0.2, 0) is 4.79 Å². The van der Waals surface area contributed by atoms with Crippen LogP contribution in [0.5, 0.6) is 5.75 Å². The predicted octanol–water partition coefficient (Wildman–Crippen LogP) is 3.06. The van der Waals surface area contributed by atoms with E-state index < -0.39 is 5.91 Å². The molecule has 4 nitrogen and oxygen atoms in total. The van der Waals surface area contributed by atoms with Crippen molar-refractivity contribution >= 4 is 23.6 Å². The van der Waals surface area contributed by atoms with Crippen LogP contribution in [0.4, 0.5) is 0 Å². The van der Waals surface area contributed by atoms with Crippen molar-refractivity contribution in [1.82, 2.24) is 5.43 Å². The van der Waals surface area contributed by atoms with Crippen molar-refractivity contribution in [2.45, 2.75) is 6.92 Å². The third-order valence-corrected chi connectivity index (χ3v) is 3.02. The molecule has 2 rings (SSSR count). The molecule has 0 spiro atoms. The van der Waals surface area contributed by atoms with Gasteiger partial charge in [0.2, 0.25) is 0 Å². The number of nitrogens with two attached hydrogens (primary N) is 1. The van der Waals surface area contributed by atoms with Crippen LogP contribution in [0.2, 0.25) is 5.02 Å².